The molecule has 5 rings (SSSR count). The van der Waals surface area contributed by atoms with Crippen molar-refractivity contribution in [2.75, 3.05) is 26.2 Å². The molecule has 3 aromatic carbocycles. The van der Waals surface area contributed by atoms with Crippen LogP contribution in [0.2, 0.25) is 0 Å². The summed E-state index contributed by atoms with van der Waals surface area (Å²) in [7, 11) is 0. The number of rotatable bonds is 6. The lowest BCUT2D eigenvalue weighted by Crippen LogP contribution is -2.57. The summed E-state index contributed by atoms with van der Waals surface area (Å²) in [4.78, 5) is 43.0. The van der Waals surface area contributed by atoms with Gasteiger partial charge in [0.15, 0.2) is 46.5 Å². The zero-order valence-corrected chi connectivity index (χ0v) is 24.9. The topological polar surface area (TPSA) is 83.7 Å². The Hall–Kier alpha value is -4.26. The lowest BCUT2D eigenvalue weighted by molar-refractivity contribution is 0.0359. The predicted molar refractivity (Wildman–Crippen MR) is 153 cm³/mol. The van der Waals surface area contributed by atoms with Crippen LogP contribution in [0.1, 0.15) is 56.2 Å². The summed E-state index contributed by atoms with van der Waals surface area (Å²) >= 11 is 0. The van der Waals surface area contributed by atoms with E-state index in [1.165, 1.54) is 29.2 Å². The van der Waals surface area contributed by atoms with Crippen molar-refractivity contribution in [2.24, 2.45) is 17.6 Å². The van der Waals surface area contributed by atoms with Crippen LogP contribution in [-0.4, -0.2) is 59.6 Å². The van der Waals surface area contributed by atoms with Crippen LogP contribution in [0.15, 0.2) is 36.4 Å². The quantitative estimate of drug-likeness (QED) is 0.195. The molecule has 2 heterocycles. The highest BCUT2D eigenvalue weighted by molar-refractivity contribution is 6.02. The second-order valence-corrected chi connectivity index (χ2v) is 11.9. The summed E-state index contributed by atoms with van der Waals surface area (Å²) < 4.78 is 99.2. The van der Waals surface area contributed by atoms with Gasteiger partial charge in [0.2, 0.25) is 0 Å². The molecule has 244 valence electrons. The van der Waals surface area contributed by atoms with Gasteiger partial charge in [-0.3, -0.25) is 14.5 Å². The van der Waals surface area contributed by atoms with E-state index in [-0.39, 0.29) is 32.6 Å². The first kappa shape index (κ1) is 33.1. The molecule has 2 amide bonds. The van der Waals surface area contributed by atoms with Gasteiger partial charge in [-0.05, 0) is 67.6 Å². The van der Waals surface area contributed by atoms with E-state index in [4.69, 9.17) is 5.73 Å². The van der Waals surface area contributed by atoms with Gasteiger partial charge in [-0.2, -0.15) is 0 Å². The molecule has 3 aromatic rings. The first-order valence-corrected chi connectivity index (χ1v) is 14.6. The van der Waals surface area contributed by atoms with E-state index < -0.39 is 104 Å². The van der Waals surface area contributed by atoms with Crippen molar-refractivity contribution in [1.82, 2.24) is 9.80 Å². The molecule has 2 saturated heterocycles. The molecule has 46 heavy (non-hydrogen) atoms. The van der Waals surface area contributed by atoms with Crippen LogP contribution in [0.5, 0.6) is 0 Å². The number of benzene rings is 3. The van der Waals surface area contributed by atoms with E-state index in [9.17, 15) is 45.1 Å². The maximum Gasteiger partial charge on any atom is 0.314 e. The minimum absolute atomic E-state index is 0.0350. The molecule has 0 bridgehead atoms. The van der Waals surface area contributed by atoms with Crippen LogP contribution in [0.25, 0.3) is 0 Å². The van der Waals surface area contributed by atoms with Crippen molar-refractivity contribution in [3.63, 3.8) is 0 Å². The highest BCUT2D eigenvalue weighted by atomic mass is 19.2. The molecule has 2 aliphatic heterocycles. The lowest BCUT2D eigenvalue weighted by Gasteiger charge is -2.47. The molecular formula is C33H30F7N3O3. The van der Waals surface area contributed by atoms with Gasteiger partial charge in [-0.1, -0.05) is 12.1 Å². The first-order valence-electron chi connectivity index (χ1n) is 14.6. The molecule has 0 radical (unpaired) electrons. The predicted octanol–water partition coefficient (Wildman–Crippen LogP) is 6.22. The summed E-state index contributed by atoms with van der Waals surface area (Å²) in [6.07, 6.45) is 0.0973. The number of likely N-dealkylation sites (tertiary alicyclic amines) is 2. The van der Waals surface area contributed by atoms with Crippen molar-refractivity contribution in [1.29, 1.82) is 0 Å². The molecule has 4 unspecified atom stereocenters. The van der Waals surface area contributed by atoms with Gasteiger partial charge in [0, 0.05) is 61.1 Å². The van der Waals surface area contributed by atoms with E-state index in [0.29, 0.717) is 24.1 Å². The molecular weight excluding hydrogens is 619 g/mol. The van der Waals surface area contributed by atoms with Crippen molar-refractivity contribution in [3.05, 3.63) is 105 Å². The van der Waals surface area contributed by atoms with Crippen LogP contribution in [-0.2, 0) is 0 Å². The average molecular weight is 650 g/mol. The third-order valence-electron chi connectivity index (χ3n) is 9.22. The SMILES string of the molecule is Cc1c(C(=O)C2CC(C(=O)c3cc(F)c(F)c(F)c3C)CN(C3CCN(C(N)=O)CC3c3ccc(F)cc3)C2)cc(F)c(F)c1F. The Kier molecular flexibility index (Phi) is 9.26. The van der Waals surface area contributed by atoms with Gasteiger partial charge in [0.1, 0.15) is 5.82 Å². The Morgan fingerprint density at radius 2 is 1.20 bits per heavy atom. The van der Waals surface area contributed by atoms with Gasteiger partial charge in [-0.15, -0.1) is 0 Å². The smallest absolute Gasteiger partial charge is 0.314 e. The Morgan fingerprint density at radius 3 is 1.65 bits per heavy atom. The van der Waals surface area contributed by atoms with Crippen molar-refractivity contribution < 1.29 is 45.1 Å². The summed E-state index contributed by atoms with van der Waals surface area (Å²) in [6, 6.07) is 5.58. The number of hydrogen-bond donors (Lipinski definition) is 1. The largest absolute Gasteiger partial charge is 0.351 e. The monoisotopic (exact) mass is 649 g/mol. The number of piperidine rings is 2. The highest BCUT2D eigenvalue weighted by Crippen LogP contribution is 2.38. The fourth-order valence-electron chi connectivity index (χ4n) is 6.72. The van der Waals surface area contributed by atoms with Crippen molar-refractivity contribution >= 4 is 17.6 Å². The third-order valence-corrected chi connectivity index (χ3v) is 9.22. The highest BCUT2D eigenvalue weighted by Gasteiger charge is 2.43. The number of ketones is 2. The Morgan fingerprint density at radius 1 is 0.717 bits per heavy atom. The van der Waals surface area contributed by atoms with E-state index in [0.717, 1.165) is 13.8 Å². The fraction of sp³-hybridized carbons (Fsp3) is 0.364. The van der Waals surface area contributed by atoms with Gasteiger partial charge >= 0.3 is 6.03 Å². The van der Waals surface area contributed by atoms with Crippen LogP contribution in [0, 0.1) is 66.4 Å². The molecule has 13 heteroatoms. The van der Waals surface area contributed by atoms with E-state index in [1.807, 2.05) is 0 Å². The molecule has 2 N–H and O–H groups in total. The zero-order chi connectivity index (χ0) is 33.6. The molecule has 2 fully saturated rings. The van der Waals surface area contributed by atoms with E-state index in [1.54, 1.807) is 4.90 Å². The molecule has 0 aliphatic carbocycles. The van der Waals surface area contributed by atoms with E-state index >= 15 is 0 Å². The molecule has 4 atom stereocenters. The van der Waals surface area contributed by atoms with Gasteiger partial charge in [0.25, 0.3) is 0 Å². The minimum Gasteiger partial charge on any atom is -0.351 e. The van der Waals surface area contributed by atoms with Crippen LogP contribution < -0.4 is 5.73 Å². The standard InChI is InChI=1S/C33H30F7N3O3/c1-15-21(10-24(35)29(39)27(15)37)31(44)18-9-19(32(45)22-11-25(36)30(40)28(38)16(22)2)13-43(12-18)26-7-8-42(33(41)46)14-23(26)17-3-5-20(34)6-4-17/h3-6,10-11,18-19,23,26H,7-9,12-14H2,1-2H3,(H2,41,46). The van der Waals surface area contributed by atoms with Gasteiger partial charge in [-0.25, -0.2) is 35.5 Å². The Labute approximate surface area is 260 Å². The number of hydrogen-bond acceptors (Lipinski definition) is 4. The van der Waals surface area contributed by atoms with Gasteiger partial charge < -0.3 is 10.6 Å². The number of Topliss-reactive ketones (excluding diaryl/α,β-unsaturated/α-hetero) is 2. The maximum atomic E-state index is 14.5. The lowest BCUT2D eigenvalue weighted by atomic mass is 9.77. The number of carbonyl (C=O) groups is 3. The number of nitrogens with zero attached hydrogens (tertiary/aromatic N) is 2. The summed E-state index contributed by atoms with van der Waals surface area (Å²) in [6.45, 7) is 2.48. The molecule has 0 aromatic heterocycles. The average Bonchev–Trinajstić information content (AvgIpc) is 3.05. The molecule has 0 spiro atoms. The zero-order valence-electron chi connectivity index (χ0n) is 24.9. The number of amides is 2. The normalized spacial score (nSPS) is 22.2. The third kappa shape index (κ3) is 6.12. The summed E-state index contributed by atoms with van der Waals surface area (Å²) in [5.41, 5.74) is 4.47. The molecule has 2 aliphatic rings. The number of halogens is 7. The second kappa shape index (κ2) is 12.9. The van der Waals surface area contributed by atoms with E-state index in [2.05, 4.69) is 0 Å². The number of primary amides is 1. The van der Waals surface area contributed by atoms with Gasteiger partial charge in [0.05, 0.1) is 0 Å². The summed E-state index contributed by atoms with van der Waals surface area (Å²) in [5.74, 6) is -14.4. The Balaban J connectivity index is 1.57. The maximum absolute atomic E-state index is 14.5. The Bertz CT molecular complexity index is 1630. The van der Waals surface area contributed by atoms with Crippen LogP contribution in [0.4, 0.5) is 35.5 Å². The minimum atomic E-state index is -1.74. The second-order valence-electron chi connectivity index (χ2n) is 11.9. The fourth-order valence-corrected chi connectivity index (χ4v) is 6.72. The number of nitrogens with two attached hydrogens (primary N) is 1. The number of carbonyl (C=O) groups excluding carboxylic acids is 3. The van der Waals surface area contributed by atoms with Crippen LogP contribution in [0.3, 0.4) is 0 Å². The first-order chi connectivity index (χ1) is 21.7. The number of urea groups is 1. The summed E-state index contributed by atoms with van der Waals surface area (Å²) in [5, 5.41) is 0. The van der Waals surface area contributed by atoms with Crippen molar-refractivity contribution in [3.8, 4) is 0 Å². The molecule has 0 saturated carbocycles. The van der Waals surface area contributed by atoms with Crippen molar-refractivity contribution in [2.45, 2.75) is 38.6 Å². The molecule has 6 nitrogen and oxygen atoms in total. The van der Waals surface area contributed by atoms with Crippen LogP contribution >= 0.6 is 0 Å².